The summed E-state index contributed by atoms with van der Waals surface area (Å²) in [5.74, 6) is 0.0833. The van der Waals surface area contributed by atoms with Crippen LogP contribution >= 0.6 is 0 Å². The van der Waals surface area contributed by atoms with E-state index in [2.05, 4.69) is 48.6 Å². The molecule has 1 aromatic heterocycles. The van der Waals surface area contributed by atoms with Gasteiger partial charge in [0, 0.05) is 12.1 Å². The standard InChI is InChI=1S/C20H24N2O/c1-2-6-16-11-13-22(14-12-16)15-20(23)21-19-10-5-8-17-7-3-4-9-18(17)19/h3-4,7,9,11-14,19H,2,5-6,8,10,15H2,1H3/p+1/t19-/m1/s1. The monoisotopic (exact) mass is 309 g/mol. The molecule has 0 bridgehead atoms. The first-order chi connectivity index (χ1) is 11.3. The number of nitrogens with zero attached hydrogens (tertiary/aromatic N) is 1. The Balaban J connectivity index is 1.62. The molecule has 0 saturated heterocycles. The summed E-state index contributed by atoms with van der Waals surface area (Å²) in [7, 11) is 0. The molecule has 1 atom stereocenters. The lowest BCUT2D eigenvalue weighted by Crippen LogP contribution is -2.43. The van der Waals surface area contributed by atoms with Gasteiger partial charge in [-0.25, -0.2) is 0 Å². The van der Waals surface area contributed by atoms with Crippen LogP contribution in [0.15, 0.2) is 48.8 Å². The molecule has 3 heteroatoms. The van der Waals surface area contributed by atoms with Gasteiger partial charge in [0.15, 0.2) is 12.4 Å². The molecular formula is C20H25N2O+. The third kappa shape index (κ3) is 3.98. The highest BCUT2D eigenvalue weighted by molar-refractivity contribution is 5.75. The smallest absolute Gasteiger partial charge is 0.286 e. The Kier molecular flexibility index (Phi) is 5.06. The SMILES string of the molecule is CCCc1cc[n+](CC(=O)N[C@@H]2CCCc3ccccc32)cc1. The van der Waals surface area contributed by atoms with Crippen LogP contribution in [0.1, 0.15) is 48.9 Å². The first-order valence-electron chi connectivity index (χ1n) is 8.61. The molecule has 0 spiro atoms. The fraction of sp³-hybridized carbons (Fsp3) is 0.400. The lowest BCUT2D eigenvalue weighted by Gasteiger charge is -2.25. The molecule has 120 valence electrons. The van der Waals surface area contributed by atoms with Gasteiger partial charge in [-0.3, -0.25) is 4.79 Å². The van der Waals surface area contributed by atoms with E-state index in [4.69, 9.17) is 0 Å². The number of aromatic nitrogens is 1. The van der Waals surface area contributed by atoms with Gasteiger partial charge in [0.25, 0.3) is 5.91 Å². The Bertz CT molecular complexity index is 664. The van der Waals surface area contributed by atoms with E-state index in [1.54, 1.807) is 0 Å². The van der Waals surface area contributed by atoms with Crippen LogP contribution in [0.5, 0.6) is 0 Å². The van der Waals surface area contributed by atoms with E-state index in [1.807, 2.05) is 17.0 Å². The minimum Gasteiger partial charge on any atom is -0.344 e. The summed E-state index contributed by atoms with van der Waals surface area (Å²) < 4.78 is 1.95. The second kappa shape index (κ2) is 7.40. The summed E-state index contributed by atoms with van der Waals surface area (Å²) in [5, 5.41) is 3.20. The zero-order chi connectivity index (χ0) is 16.1. The third-order valence-electron chi connectivity index (χ3n) is 4.53. The normalized spacial score (nSPS) is 16.7. The van der Waals surface area contributed by atoms with Crippen LogP contribution in [0, 0.1) is 0 Å². The first-order valence-corrected chi connectivity index (χ1v) is 8.61. The number of benzene rings is 1. The molecule has 1 aliphatic rings. The average Bonchev–Trinajstić information content (AvgIpc) is 2.57. The number of carbonyl (C=O) groups excluding carboxylic acids is 1. The number of nitrogens with one attached hydrogen (secondary N) is 1. The molecule has 3 nitrogen and oxygen atoms in total. The summed E-state index contributed by atoms with van der Waals surface area (Å²) in [6.07, 6.45) is 9.52. The maximum Gasteiger partial charge on any atom is 0.286 e. The van der Waals surface area contributed by atoms with Gasteiger partial charge in [-0.05, 0) is 42.4 Å². The summed E-state index contributed by atoms with van der Waals surface area (Å²) in [5.41, 5.74) is 3.99. The van der Waals surface area contributed by atoms with Gasteiger partial charge in [0.1, 0.15) is 0 Å². The highest BCUT2D eigenvalue weighted by Crippen LogP contribution is 2.29. The number of carbonyl (C=O) groups is 1. The van der Waals surface area contributed by atoms with Crippen LogP contribution in [-0.4, -0.2) is 5.91 Å². The third-order valence-corrected chi connectivity index (χ3v) is 4.53. The van der Waals surface area contributed by atoms with Crippen molar-refractivity contribution in [2.75, 3.05) is 0 Å². The average molecular weight is 309 g/mol. The van der Waals surface area contributed by atoms with Crippen molar-refractivity contribution < 1.29 is 9.36 Å². The fourth-order valence-corrected chi connectivity index (χ4v) is 3.36. The van der Waals surface area contributed by atoms with E-state index in [1.165, 1.54) is 16.7 Å². The van der Waals surface area contributed by atoms with E-state index < -0.39 is 0 Å². The van der Waals surface area contributed by atoms with Crippen molar-refractivity contribution in [3.63, 3.8) is 0 Å². The Morgan fingerprint density at radius 3 is 2.78 bits per heavy atom. The Hall–Kier alpha value is -2.16. The van der Waals surface area contributed by atoms with Gasteiger partial charge in [-0.1, -0.05) is 37.6 Å². The quantitative estimate of drug-likeness (QED) is 0.846. The van der Waals surface area contributed by atoms with Crippen LogP contribution in [0.25, 0.3) is 0 Å². The fourth-order valence-electron chi connectivity index (χ4n) is 3.36. The second-order valence-electron chi connectivity index (χ2n) is 6.34. The van der Waals surface area contributed by atoms with E-state index in [0.29, 0.717) is 6.54 Å². The maximum absolute atomic E-state index is 12.4. The number of aryl methyl sites for hydroxylation is 2. The van der Waals surface area contributed by atoms with Gasteiger partial charge >= 0.3 is 0 Å². The van der Waals surface area contributed by atoms with Crippen molar-refractivity contribution in [1.29, 1.82) is 0 Å². The van der Waals surface area contributed by atoms with Crippen molar-refractivity contribution in [3.05, 3.63) is 65.5 Å². The van der Waals surface area contributed by atoms with Crippen LogP contribution in [0.4, 0.5) is 0 Å². The van der Waals surface area contributed by atoms with Gasteiger partial charge in [0.05, 0.1) is 6.04 Å². The Morgan fingerprint density at radius 2 is 2.00 bits per heavy atom. The van der Waals surface area contributed by atoms with Gasteiger partial charge < -0.3 is 5.32 Å². The van der Waals surface area contributed by atoms with E-state index in [9.17, 15) is 4.79 Å². The summed E-state index contributed by atoms with van der Waals surface area (Å²) in [6.45, 7) is 2.56. The predicted octanol–water partition coefficient (Wildman–Crippen LogP) is 3.12. The minimum atomic E-state index is 0.0833. The van der Waals surface area contributed by atoms with E-state index in [-0.39, 0.29) is 11.9 Å². The number of pyridine rings is 1. The molecule has 1 aliphatic carbocycles. The van der Waals surface area contributed by atoms with Crippen molar-refractivity contribution in [2.45, 2.75) is 51.6 Å². The Morgan fingerprint density at radius 1 is 1.22 bits per heavy atom. The molecule has 0 saturated carbocycles. The molecule has 1 N–H and O–H groups in total. The van der Waals surface area contributed by atoms with Crippen LogP contribution in [0.2, 0.25) is 0 Å². The van der Waals surface area contributed by atoms with Crippen LogP contribution in [-0.2, 0) is 24.2 Å². The van der Waals surface area contributed by atoms with E-state index in [0.717, 1.165) is 32.1 Å². The van der Waals surface area contributed by atoms with Crippen LogP contribution < -0.4 is 9.88 Å². The predicted molar refractivity (Wildman–Crippen MR) is 90.9 cm³/mol. The molecule has 0 radical (unpaired) electrons. The second-order valence-corrected chi connectivity index (χ2v) is 6.34. The first kappa shape index (κ1) is 15.7. The van der Waals surface area contributed by atoms with Crippen molar-refractivity contribution in [2.24, 2.45) is 0 Å². The zero-order valence-electron chi connectivity index (χ0n) is 13.8. The number of hydrogen-bond donors (Lipinski definition) is 1. The highest BCUT2D eigenvalue weighted by Gasteiger charge is 2.22. The molecular weight excluding hydrogens is 284 g/mol. The molecule has 3 rings (SSSR count). The molecule has 0 aliphatic heterocycles. The maximum atomic E-state index is 12.4. The molecule has 0 unspecified atom stereocenters. The molecule has 1 heterocycles. The van der Waals surface area contributed by atoms with Gasteiger partial charge in [0.2, 0.25) is 6.54 Å². The minimum absolute atomic E-state index is 0.0833. The summed E-state index contributed by atoms with van der Waals surface area (Å²) >= 11 is 0. The molecule has 1 aromatic carbocycles. The van der Waals surface area contributed by atoms with Gasteiger partial charge in [-0.15, -0.1) is 0 Å². The Labute approximate surface area is 138 Å². The summed E-state index contributed by atoms with van der Waals surface area (Å²) in [6, 6.07) is 12.8. The molecule has 2 aromatic rings. The number of amides is 1. The number of rotatable bonds is 5. The summed E-state index contributed by atoms with van der Waals surface area (Å²) in [4.78, 5) is 12.4. The largest absolute Gasteiger partial charge is 0.344 e. The zero-order valence-corrected chi connectivity index (χ0v) is 13.8. The van der Waals surface area contributed by atoms with Crippen molar-refractivity contribution in [3.8, 4) is 0 Å². The van der Waals surface area contributed by atoms with Crippen molar-refractivity contribution >= 4 is 5.91 Å². The lowest BCUT2D eigenvalue weighted by molar-refractivity contribution is -0.684. The molecule has 1 amide bonds. The van der Waals surface area contributed by atoms with Gasteiger partial charge in [-0.2, -0.15) is 4.57 Å². The number of hydrogen-bond acceptors (Lipinski definition) is 1. The highest BCUT2D eigenvalue weighted by atomic mass is 16.2. The lowest BCUT2D eigenvalue weighted by atomic mass is 9.88. The molecule has 0 fully saturated rings. The molecule has 23 heavy (non-hydrogen) atoms. The van der Waals surface area contributed by atoms with Crippen LogP contribution in [0.3, 0.4) is 0 Å². The van der Waals surface area contributed by atoms with Crippen molar-refractivity contribution in [1.82, 2.24) is 5.32 Å². The number of fused-ring (bicyclic) bond motifs is 1. The topological polar surface area (TPSA) is 33.0 Å². The van der Waals surface area contributed by atoms with E-state index >= 15 is 0 Å².